The van der Waals surface area contributed by atoms with Gasteiger partial charge < -0.3 is 15.4 Å². The molecule has 0 aliphatic carbocycles. The van der Waals surface area contributed by atoms with Crippen LogP contribution in [0.1, 0.15) is 23.2 Å². The van der Waals surface area contributed by atoms with Crippen LogP contribution in [0.5, 0.6) is 5.75 Å². The lowest BCUT2D eigenvalue weighted by atomic mass is 10.2. The standard InChI is InChI=1S/C18H19FN2O3/c1-20-18(23)13-4-2-5-15(12-13)21-17(22)6-3-11-24-16-9-7-14(19)8-10-16/h2,4-5,7-10,12H,3,6,11H2,1H3,(H,20,23)(H,21,22). The molecule has 2 N–H and O–H groups in total. The first-order valence-electron chi connectivity index (χ1n) is 7.59. The SMILES string of the molecule is CNC(=O)c1cccc(NC(=O)CCCOc2ccc(F)cc2)c1. The van der Waals surface area contributed by atoms with Crippen molar-refractivity contribution in [2.24, 2.45) is 0 Å². The molecule has 0 aromatic heterocycles. The molecule has 0 fully saturated rings. The van der Waals surface area contributed by atoms with Crippen LogP contribution in [0.4, 0.5) is 10.1 Å². The maximum absolute atomic E-state index is 12.8. The monoisotopic (exact) mass is 330 g/mol. The van der Waals surface area contributed by atoms with E-state index in [4.69, 9.17) is 4.74 Å². The fourth-order valence-corrected chi connectivity index (χ4v) is 2.06. The molecule has 0 aliphatic rings. The van der Waals surface area contributed by atoms with Gasteiger partial charge in [0.2, 0.25) is 5.91 Å². The average Bonchev–Trinajstić information content (AvgIpc) is 2.60. The van der Waals surface area contributed by atoms with Gasteiger partial charge in [-0.05, 0) is 48.9 Å². The second-order valence-electron chi connectivity index (χ2n) is 5.11. The topological polar surface area (TPSA) is 67.4 Å². The molecule has 2 amide bonds. The molecule has 0 heterocycles. The molecule has 2 rings (SSSR count). The molecule has 126 valence electrons. The van der Waals surface area contributed by atoms with Crippen LogP contribution in [0.3, 0.4) is 0 Å². The highest BCUT2D eigenvalue weighted by atomic mass is 19.1. The lowest BCUT2D eigenvalue weighted by molar-refractivity contribution is -0.116. The predicted molar refractivity (Wildman–Crippen MR) is 89.6 cm³/mol. The van der Waals surface area contributed by atoms with Gasteiger partial charge in [0, 0.05) is 24.7 Å². The van der Waals surface area contributed by atoms with E-state index in [0.29, 0.717) is 30.0 Å². The maximum Gasteiger partial charge on any atom is 0.251 e. The second kappa shape index (κ2) is 8.67. The summed E-state index contributed by atoms with van der Waals surface area (Å²) in [5, 5.41) is 5.27. The summed E-state index contributed by atoms with van der Waals surface area (Å²) in [6.07, 6.45) is 0.809. The minimum absolute atomic E-state index is 0.160. The highest BCUT2D eigenvalue weighted by Crippen LogP contribution is 2.13. The Morgan fingerprint density at radius 1 is 1.12 bits per heavy atom. The molecular formula is C18H19FN2O3. The molecule has 0 saturated heterocycles. The van der Waals surface area contributed by atoms with Gasteiger partial charge in [-0.2, -0.15) is 0 Å². The fourth-order valence-electron chi connectivity index (χ4n) is 2.06. The first kappa shape index (κ1) is 17.5. The smallest absolute Gasteiger partial charge is 0.251 e. The van der Waals surface area contributed by atoms with E-state index in [0.717, 1.165) is 0 Å². The van der Waals surface area contributed by atoms with Crippen LogP contribution < -0.4 is 15.4 Å². The van der Waals surface area contributed by atoms with Gasteiger partial charge in [0.05, 0.1) is 6.61 Å². The molecule has 6 heteroatoms. The van der Waals surface area contributed by atoms with Crippen LogP contribution in [0.2, 0.25) is 0 Å². The van der Waals surface area contributed by atoms with Crippen molar-refractivity contribution in [3.8, 4) is 5.75 Å². The lowest BCUT2D eigenvalue weighted by Gasteiger charge is -2.08. The van der Waals surface area contributed by atoms with Gasteiger partial charge in [-0.1, -0.05) is 6.07 Å². The van der Waals surface area contributed by atoms with Gasteiger partial charge in [-0.15, -0.1) is 0 Å². The summed E-state index contributed by atoms with van der Waals surface area (Å²) in [6.45, 7) is 0.358. The van der Waals surface area contributed by atoms with Gasteiger partial charge in [-0.25, -0.2) is 4.39 Å². The Morgan fingerprint density at radius 3 is 2.58 bits per heavy atom. The third-order valence-corrected chi connectivity index (χ3v) is 3.27. The lowest BCUT2D eigenvalue weighted by Crippen LogP contribution is -2.18. The molecule has 0 spiro atoms. The van der Waals surface area contributed by atoms with Gasteiger partial charge in [0.15, 0.2) is 0 Å². The molecule has 0 atom stereocenters. The van der Waals surface area contributed by atoms with Gasteiger partial charge in [0.1, 0.15) is 11.6 Å². The zero-order valence-electron chi connectivity index (χ0n) is 13.3. The van der Waals surface area contributed by atoms with E-state index < -0.39 is 0 Å². The molecule has 2 aromatic rings. The summed E-state index contributed by atoms with van der Waals surface area (Å²) in [4.78, 5) is 23.5. The van der Waals surface area contributed by atoms with Crippen LogP contribution in [0.15, 0.2) is 48.5 Å². The third kappa shape index (κ3) is 5.39. The quantitative estimate of drug-likeness (QED) is 0.767. The molecule has 0 aliphatic heterocycles. The summed E-state index contributed by atoms with van der Waals surface area (Å²) in [6, 6.07) is 12.4. The Morgan fingerprint density at radius 2 is 1.88 bits per heavy atom. The average molecular weight is 330 g/mol. The van der Waals surface area contributed by atoms with Crippen molar-refractivity contribution in [1.82, 2.24) is 5.32 Å². The first-order valence-corrected chi connectivity index (χ1v) is 7.59. The Balaban J connectivity index is 1.75. The number of anilines is 1. The van der Waals surface area contributed by atoms with Gasteiger partial charge in [-0.3, -0.25) is 9.59 Å². The zero-order valence-corrected chi connectivity index (χ0v) is 13.3. The van der Waals surface area contributed by atoms with E-state index in [2.05, 4.69) is 10.6 Å². The number of carbonyl (C=O) groups is 2. The van der Waals surface area contributed by atoms with E-state index in [1.807, 2.05) is 0 Å². The van der Waals surface area contributed by atoms with Crippen molar-refractivity contribution in [2.75, 3.05) is 19.0 Å². The van der Waals surface area contributed by atoms with Crippen molar-refractivity contribution in [3.63, 3.8) is 0 Å². The minimum Gasteiger partial charge on any atom is -0.494 e. The van der Waals surface area contributed by atoms with Crippen molar-refractivity contribution in [1.29, 1.82) is 0 Å². The van der Waals surface area contributed by atoms with E-state index in [1.54, 1.807) is 43.4 Å². The summed E-state index contributed by atoms with van der Waals surface area (Å²) in [5.41, 5.74) is 1.05. The maximum atomic E-state index is 12.8. The highest BCUT2D eigenvalue weighted by Gasteiger charge is 2.06. The molecule has 0 unspecified atom stereocenters. The number of nitrogens with one attached hydrogen (secondary N) is 2. The van der Waals surface area contributed by atoms with E-state index >= 15 is 0 Å². The fraction of sp³-hybridized carbons (Fsp3) is 0.222. The summed E-state index contributed by atoms with van der Waals surface area (Å²) in [7, 11) is 1.55. The van der Waals surface area contributed by atoms with Crippen LogP contribution >= 0.6 is 0 Å². The third-order valence-electron chi connectivity index (χ3n) is 3.27. The van der Waals surface area contributed by atoms with Crippen molar-refractivity contribution in [2.45, 2.75) is 12.8 Å². The molecule has 0 saturated carbocycles. The van der Waals surface area contributed by atoms with Crippen molar-refractivity contribution in [3.05, 3.63) is 59.9 Å². The van der Waals surface area contributed by atoms with Gasteiger partial charge in [0.25, 0.3) is 5.91 Å². The number of carbonyl (C=O) groups excluding carboxylic acids is 2. The first-order chi connectivity index (χ1) is 11.6. The van der Waals surface area contributed by atoms with Crippen molar-refractivity contribution >= 4 is 17.5 Å². The van der Waals surface area contributed by atoms with Gasteiger partial charge >= 0.3 is 0 Å². The number of ether oxygens (including phenoxy) is 1. The molecule has 0 radical (unpaired) electrons. The van der Waals surface area contributed by atoms with Crippen LogP contribution in [-0.2, 0) is 4.79 Å². The van der Waals surface area contributed by atoms with E-state index in [1.165, 1.54) is 12.1 Å². The van der Waals surface area contributed by atoms with E-state index in [-0.39, 0.29) is 24.1 Å². The summed E-state index contributed by atoms with van der Waals surface area (Å²) >= 11 is 0. The molecule has 2 aromatic carbocycles. The van der Waals surface area contributed by atoms with E-state index in [9.17, 15) is 14.0 Å². The molecule has 5 nitrogen and oxygen atoms in total. The molecular weight excluding hydrogens is 311 g/mol. The number of amides is 2. The Bertz CT molecular complexity index is 702. The second-order valence-corrected chi connectivity index (χ2v) is 5.11. The molecule has 0 bridgehead atoms. The molecule has 24 heavy (non-hydrogen) atoms. The minimum atomic E-state index is -0.319. The van der Waals surface area contributed by atoms with Crippen molar-refractivity contribution < 1.29 is 18.7 Å². The number of benzene rings is 2. The highest BCUT2D eigenvalue weighted by molar-refractivity contribution is 5.97. The van der Waals surface area contributed by atoms with Crippen LogP contribution in [-0.4, -0.2) is 25.5 Å². The number of rotatable bonds is 7. The number of halogens is 1. The Kier molecular flexibility index (Phi) is 6.31. The largest absolute Gasteiger partial charge is 0.494 e. The number of hydrogen-bond acceptors (Lipinski definition) is 3. The summed E-state index contributed by atoms with van der Waals surface area (Å²) < 4.78 is 18.2. The predicted octanol–water partition coefficient (Wildman–Crippen LogP) is 2.98. The Labute approximate surface area is 139 Å². The van der Waals surface area contributed by atoms with Crippen LogP contribution in [0, 0.1) is 5.82 Å². The Hall–Kier alpha value is -2.89. The zero-order chi connectivity index (χ0) is 17.4. The number of hydrogen-bond donors (Lipinski definition) is 2. The normalized spacial score (nSPS) is 10.1. The van der Waals surface area contributed by atoms with Crippen LogP contribution in [0.25, 0.3) is 0 Å². The summed E-state index contributed by atoms with van der Waals surface area (Å²) in [5.74, 6) is -0.124.